The highest BCUT2D eigenvalue weighted by molar-refractivity contribution is 7.20. The largest absolute Gasteiger partial charge is 0.378 e. The lowest BCUT2D eigenvalue weighted by molar-refractivity contribution is 0.0963. The van der Waals surface area contributed by atoms with Crippen LogP contribution < -0.4 is 10.6 Å². The van der Waals surface area contributed by atoms with Crippen molar-refractivity contribution in [2.45, 2.75) is 19.9 Å². The summed E-state index contributed by atoms with van der Waals surface area (Å²) in [7, 11) is 1.62. The van der Waals surface area contributed by atoms with E-state index in [2.05, 4.69) is 10.6 Å². The first kappa shape index (κ1) is 16.1. The maximum atomic E-state index is 11.6. The molecule has 1 aromatic carbocycles. The van der Waals surface area contributed by atoms with Crippen LogP contribution in [0, 0.1) is 6.92 Å². The molecule has 1 unspecified atom stereocenters. The van der Waals surface area contributed by atoms with Gasteiger partial charge in [0, 0.05) is 23.9 Å². The maximum Gasteiger partial charge on any atom is 0.251 e. The lowest BCUT2D eigenvalue weighted by Gasteiger charge is -2.17. The summed E-state index contributed by atoms with van der Waals surface area (Å²) in [5, 5.41) is 6.01. The predicted octanol–water partition coefficient (Wildman–Crippen LogP) is 4.90. The highest BCUT2D eigenvalue weighted by Gasteiger charge is 2.14. The zero-order valence-corrected chi connectivity index (χ0v) is 14.3. The topological polar surface area (TPSA) is 41.1 Å². The van der Waals surface area contributed by atoms with E-state index in [-0.39, 0.29) is 11.9 Å². The third kappa shape index (κ3) is 3.70. The molecular weight excluding hydrogens is 327 g/mol. The molecule has 1 aromatic heterocycles. The summed E-state index contributed by atoms with van der Waals surface area (Å²) in [4.78, 5) is 11.6. The van der Waals surface area contributed by atoms with E-state index in [1.807, 2.05) is 32.0 Å². The molecule has 3 nitrogen and oxygen atoms in total. The van der Waals surface area contributed by atoms with Gasteiger partial charge in [-0.1, -0.05) is 23.2 Å². The molecule has 0 spiro atoms. The van der Waals surface area contributed by atoms with E-state index in [1.165, 1.54) is 11.3 Å². The Labute approximate surface area is 138 Å². The number of rotatable bonds is 4. The Morgan fingerprint density at radius 1 is 1.29 bits per heavy atom. The van der Waals surface area contributed by atoms with Crippen LogP contribution in [0.15, 0.2) is 24.3 Å². The highest BCUT2D eigenvalue weighted by Crippen LogP contribution is 2.36. The van der Waals surface area contributed by atoms with Crippen LogP contribution in [0.3, 0.4) is 0 Å². The van der Waals surface area contributed by atoms with Gasteiger partial charge in [-0.05, 0) is 43.7 Å². The fraction of sp³-hybridized carbons (Fsp3) is 0.267. The second kappa shape index (κ2) is 6.69. The van der Waals surface area contributed by atoms with E-state index in [1.54, 1.807) is 13.1 Å². The summed E-state index contributed by atoms with van der Waals surface area (Å²) in [6.45, 7) is 3.99. The summed E-state index contributed by atoms with van der Waals surface area (Å²) in [5.41, 5.74) is 3.58. The fourth-order valence-corrected chi connectivity index (χ4v) is 3.72. The second-order valence-corrected chi connectivity index (χ2v) is 7.04. The first-order valence-electron chi connectivity index (χ1n) is 6.46. The van der Waals surface area contributed by atoms with E-state index in [0.29, 0.717) is 14.2 Å². The van der Waals surface area contributed by atoms with Gasteiger partial charge in [0.15, 0.2) is 0 Å². The molecule has 2 aromatic rings. The van der Waals surface area contributed by atoms with Gasteiger partial charge in [0.1, 0.15) is 0 Å². The van der Waals surface area contributed by atoms with Crippen molar-refractivity contribution in [1.29, 1.82) is 0 Å². The summed E-state index contributed by atoms with van der Waals surface area (Å²) in [6.07, 6.45) is 0. The Balaban J connectivity index is 2.20. The monoisotopic (exact) mass is 342 g/mol. The molecule has 0 radical (unpaired) electrons. The predicted molar refractivity (Wildman–Crippen MR) is 90.9 cm³/mol. The van der Waals surface area contributed by atoms with E-state index in [0.717, 1.165) is 16.8 Å². The van der Waals surface area contributed by atoms with Crippen molar-refractivity contribution >= 4 is 46.1 Å². The first-order chi connectivity index (χ1) is 9.92. The highest BCUT2D eigenvalue weighted by atomic mass is 35.5. The van der Waals surface area contributed by atoms with Crippen molar-refractivity contribution < 1.29 is 4.79 Å². The molecular formula is C15H16Cl2N2OS. The van der Waals surface area contributed by atoms with Crippen molar-refractivity contribution in [2.24, 2.45) is 0 Å². The van der Waals surface area contributed by atoms with Crippen LogP contribution in [0.1, 0.15) is 34.5 Å². The van der Waals surface area contributed by atoms with Crippen LogP contribution in [0.5, 0.6) is 0 Å². The molecule has 0 aliphatic heterocycles. The number of thiophene rings is 1. The zero-order chi connectivity index (χ0) is 15.6. The van der Waals surface area contributed by atoms with E-state index >= 15 is 0 Å². The summed E-state index contributed by atoms with van der Waals surface area (Å²) >= 11 is 13.5. The van der Waals surface area contributed by atoms with E-state index in [4.69, 9.17) is 23.2 Å². The number of carbonyl (C=O) groups excluding carboxylic acids is 1. The van der Waals surface area contributed by atoms with E-state index in [9.17, 15) is 4.79 Å². The minimum Gasteiger partial charge on any atom is -0.378 e. The second-order valence-electron chi connectivity index (χ2n) is 4.75. The number of carbonyl (C=O) groups is 1. The summed E-state index contributed by atoms with van der Waals surface area (Å²) in [6, 6.07) is 7.46. The molecule has 0 saturated carbocycles. The number of amides is 1. The standard InChI is InChI=1S/C15H16Cl2N2OS/c1-8-6-10(15(20)18-3)4-5-12(8)19-9(2)11-7-13(16)21-14(11)17/h4-7,9,19H,1-3H3,(H,18,20). The normalized spacial score (nSPS) is 12.0. The van der Waals surface area contributed by atoms with Crippen LogP contribution in [-0.2, 0) is 0 Å². The molecule has 0 aliphatic carbocycles. The van der Waals surface area contributed by atoms with E-state index < -0.39 is 0 Å². The average Bonchev–Trinajstić information content (AvgIpc) is 2.79. The number of aryl methyl sites for hydroxylation is 1. The van der Waals surface area contributed by atoms with Gasteiger partial charge in [0.25, 0.3) is 5.91 Å². The minimum atomic E-state index is -0.0923. The number of benzene rings is 1. The van der Waals surface area contributed by atoms with Crippen molar-refractivity contribution in [3.8, 4) is 0 Å². The van der Waals surface area contributed by atoms with Gasteiger partial charge in [-0.15, -0.1) is 11.3 Å². The van der Waals surface area contributed by atoms with Crippen molar-refractivity contribution in [2.75, 3.05) is 12.4 Å². The number of nitrogens with one attached hydrogen (secondary N) is 2. The Bertz CT molecular complexity index is 670. The van der Waals surface area contributed by atoms with Crippen LogP contribution in [0.4, 0.5) is 5.69 Å². The summed E-state index contributed by atoms with van der Waals surface area (Å²) < 4.78 is 1.37. The van der Waals surface area contributed by atoms with Gasteiger partial charge in [0.2, 0.25) is 0 Å². The SMILES string of the molecule is CNC(=O)c1ccc(NC(C)c2cc(Cl)sc2Cl)c(C)c1. The molecule has 21 heavy (non-hydrogen) atoms. The minimum absolute atomic E-state index is 0.0331. The Morgan fingerprint density at radius 3 is 2.52 bits per heavy atom. The molecule has 0 fully saturated rings. The van der Waals surface area contributed by atoms with Crippen molar-refractivity contribution in [3.63, 3.8) is 0 Å². The third-order valence-electron chi connectivity index (χ3n) is 3.24. The van der Waals surface area contributed by atoms with Crippen LogP contribution in [0.2, 0.25) is 8.67 Å². The molecule has 6 heteroatoms. The van der Waals surface area contributed by atoms with Gasteiger partial charge in [-0.2, -0.15) is 0 Å². The van der Waals surface area contributed by atoms with Gasteiger partial charge >= 0.3 is 0 Å². The van der Waals surface area contributed by atoms with Crippen LogP contribution in [-0.4, -0.2) is 13.0 Å². The molecule has 2 rings (SSSR count). The molecule has 1 atom stereocenters. The lowest BCUT2D eigenvalue weighted by Crippen LogP contribution is -2.18. The van der Waals surface area contributed by atoms with Gasteiger partial charge in [0.05, 0.1) is 14.7 Å². The molecule has 0 bridgehead atoms. The fourth-order valence-electron chi connectivity index (χ4n) is 2.07. The molecule has 1 amide bonds. The van der Waals surface area contributed by atoms with Crippen LogP contribution in [0.25, 0.3) is 0 Å². The number of halogens is 2. The zero-order valence-electron chi connectivity index (χ0n) is 12.0. The first-order valence-corrected chi connectivity index (χ1v) is 8.03. The molecule has 0 aliphatic rings. The van der Waals surface area contributed by atoms with Crippen LogP contribution >= 0.6 is 34.5 Å². The number of hydrogen-bond acceptors (Lipinski definition) is 3. The Kier molecular flexibility index (Phi) is 5.14. The Hall–Kier alpha value is -1.23. The molecule has 2 N–H and O–H groups in total. The molecule has 0 saturated heterocycles. The molecule has 112 valence electrons. The molecule has 1 heterocycles. The quantitative estimate of drug-likeness (QED) is 0.829. The van der Waals surface area contributed by atoms with Crippen molar-refractivity contribution in [3.05, 3.63) is 49.6 Å². The lowest BCUT2D eigenvalue weighted by atomic mass is 10.1. The van der Waals surface area contributed by atoms with Gasteiger partial charge < -0.3 is 10.6 Å². The van der Waals surface area contributed by atoms with Crippen molar-refractivity contribution in [1.82, 2.24) is 5.32 Å². The third-order valence-corrected chi connectivity index (χ3v) is 4.76. The smallest absolute Gasteiger partial charge is 0.251 e. The van der Waals surface area contributed by atoms with Gasteiger partial charge in [-0.3, -0.25) is 4.79 Å². The average molecular weight is 343 g/mol. The summed E-state index contributed by atoms with van der Waals surface area (Å²) in [5.74, 6) is -0.0923. The number of anilines is 1. The Morgan fingerprint density at radius 2 is 2.00 bits per heavy atom. The number of hydrogen-bond donors (Lipinski definition) is 2. The maximum absolute atomic E-state index is 11.6. The van der Waals surface area contributed by atoms with Gasteiger partial charge in [-0.25, -0.2) is 0 Å².